The smallest absolute Gasteiger partial charge is 0.222 e. The van der Waals surface area contributed by atoms with Crippen LogP contribution in [0, 0.1) is 0 Å². The minimum atomic E-state index is -0.525. The average Bonchev–Trinajstić information content (AvgIpc) is 3.39. The van der Waals surface area contributed by atoms with Gasteiger partial charge in [-0.25, -0.2) is 9.97 Å². The number of carbonyl (C=O) groups excluding carboxylic acids is 1. The van der Waals surface area contributed by atoms with E-state index in [0.717, 1.165) is 67.7 Å². The van der Waals surface area contributed by atoms with Crippen molar-refractivity contribution < 1.29 is 4.79 Å². The molecule has 198 valence electrons. The molecule has 0 bridgehead atoms. The fourth-order valence-electron chi connectivity index (χ4n) is 5.74. The van der Waals surface area contributed by atoms with Crippen molar-refractivity contribution in [2.45, 2.75) is 62.9 Å². The number of fused-ring (bicyclic) bond motifs is 1. The third-order valence-corrected chi connectivity index (χ3v) is 8.18. The number of aromatic amines is 1. The summed E-state index contributed by atoms with van der Waals surface area (Å²) in [5.41, 5.74) is 8.18. The predicted octanol–water partition coefficient (Wildman–Crippen LogP) is 4.42. The summed E-state index contributed by atoms with van der Waals surface area (Å²) in [7, 11) is 0. The number of nitrogens with one attached hydrogen (secondary N) is 2. The van der Waals surface area contributed by atoms with Gasteiger partial charge in [0.15, 0.2) is 0 Å². The van der Waals surface area contributed by atoms with Crippen molar-refractivity contribution in [3.8, 4) is 0 Å². The maximum Gasteiger partial charge on any atom is 0.222 e. The second-order valence-electron chi connectivity index (χ2n) is 10.7. The average molecular weight is 524 g/mol. The van der Waals surface area contributed by atoms with Gasteiger partial charge in [0, 0.05) is 36.3 Å². The Labute approximate surface area is 224 Å². The lowest BCUT2D eigenvalue weighted by molar-refractivity contribution is -0.123. The molecule has 0 radical (unpaired) electrons. The minimum absolute atomic E-state index is 0.0175. The van der Waals surface area contributed by atoms with Crippen LogP contribution in [-0.4, -0.2) is 64.0 Å². The number of H-pyrrole nitrogens is 1. The molecule has 37 heavy (non-hydrogen) atoms. The summed E-state index contributed by atoms with van der Waals surface area (Å²) in [6.45, 7) is 4.98. The summed E-state index contributed by atoms with van der Waals surface area (Å²) in [6, 6.07) is 9.80. The monoisotopic (exact) mass is 523 g/mol. The summed E-state index contributed by atoms with van der Waals surface area (Å²) < 4.78 is 0. The highest BCUT2D eigenvalue weighted by molar-refractivity contribution is 6.30. The molecule has 1 aromatic carbocycles. The SMILES string of the molecule is NC1(CC(=O)NC(CCCN2CCCCC2)c2ccc(Cl)cc2)CCN(c2ncnc3[nH]ccc23)CC1. The Hall–Kier alpha value is -2.68. The van der Waals surface area contributed by atoms with Crippen LogP contribution in [-0.2, 0) is 4.79 Å². The quantitative estimate of drug-likeness (QED) is 0.383. The minimum Gasteiger partial charge on any atom is -0.356 e. The number of benzene rings is 1. The van der Waals surface area contributed by atoms with E-state index in [-0.39, 0.29) is 11.9 Å². The zero-order chi connectivity index (χ0) is 25.7. The van der Waals surface area contributed by atoms with Crippen LogP contribution in [0.4, 0.5) is 5.82 Å². The number of amides is 1. The molecule has 1 atom stereocenters. The number of carbonyl (C=O) groups is 1. The molecule has 0 spiro atoms. The van der Waals surface area contributed by atoms with Gasteiger partial charge in [-0.1, -0.05) is 30.2 Å². The van der Waals surface area contributed by atoms with Gasteiger partial charge in [0.2, 0.25) is 5.91 Å². The van der Waals surface area contributed by atoms with Crippen molar-refractivity contribution in [2.24, 2.45) is 5.73 Å². The Kier molecular flexibility index (Phi) is 8.27. The highest BCUT2D eigenvalue weighted by atomic mass is 35.5. The van der Waals surface area contributed by atoms with Crippen LogP contribution in [0.1, 0.15) is 63.0 Å². The highest BCUT2D eigenvalue weighted by Crippen LogP contribution is 2.30. The van der Waals surface area contributed by atoms with Crippen molar-refractivity contribution in [1.82, 2.24) is 25.2 Å². The number of hydrogen-bond donors (Lipinski definition) is 3. The fourth-order valence-corrected chi connectivity index (χ4v) is 5.86. The molecule has 0 aliphatic carbocycles. The van der Waals surface area contributed by atoms with Gasteiger partial charge in [-0.05, 0) is 81.9 Å². The van der Waals surface area contributed by atoms with Crippen molar-refractivity contribution >= 4 is 34.4 Å². The number of hydrogen-bond acceptors (Lipinski definition) is 6. The van der Waals surface area contributed by atoms with E-state index in [1.165, 1.54) is 32.4 Å². The molecule has 1 unspecified atom stereocenters. The zero-order valence-electron chi connectivity index (χ0n) is 21.5. The van der Waals surface area contributed by atoms with Crippen LogP contribution in [0.25, 0.3) is 11.0 Å². The van der Waals surface area contributed by atoms with E-state index < -0.39 is 5.54 Å². The lowest BCUT2D eigenvalue weighted by Crippen LogP contribution is -2.53. The lowest BCUT2D eigenvalue weighted by Gasteiger charge is -2.39. The standard InChI is InChI=1S/C28H38ClN7O/c29-22-8-6-21(7-9-22)24(5-4-16-35-14-2-1-3-15-35)34-25(37)19-28(30)11-17-36(18-12-28)27-23-10-13-31-26(23)32-20-33-27/h6-10,13,20,24H,1-5,11-12,14-19,30H2,(H,34,37)(H,31,32,33). The molecular formula is C28H38ClN7O. The van der Waals surface area contributed by atoms with Gasteiger partial charge in [-0.15, -0.1) is 0 Å². The van der Waals surface area contributed by atoms with Crippen LogP contribution in [0.2, 0.25) is 5.02 Å². The molecule has 2 fully saturated rings. The summed E-state index contributed by atoms with van der Waals surface area (Å²) in [6.07, 6.45) is 11.1. The second kappa shape index (κ2) is 11.8. The molecule has 2 aromatic heterocycles. The Morgan fingerprint density at radius 2 is 1.84 bits per heavy atom. The molecule has 4 N–H and O–H groups in total. The third-order valence-electron chi connectivity index (χ3n) is 7.93. The molecule has 1 amide bonds. The van der Waals surface area contributed by atoms with Crippen LogP contribution >= 0.6 is 11.6 Å². The Morgan fingerprint density at radius 3 is 2.59 bits per heavy atom. The molecule has 2 saturated heterocycles. The van der Waals surface area contributed by atoms with Crippen molar-refractivity contribution in [3.63, 3.8) is 0 Å². The normalized spacial score (nSPS) is 19.1. The second-order valence-corrected chi connectivity index (χ2v) is 11.1. The number of anilines is 1. The van der Waals surface area contributed by atoms with E-state index in [1.807, 2.05) is 36.5 Å². The molecule has 2 aliphatic rings. The zero-order valence-corrected chi connectivity index (χ0v) is 22.2. The topological polar surface area (TPSA) is 103 Å². The fraction of sp³-hybridized carbons (Fsp3) is 0.536. The van der Waals surface area contributed by atoms with E-state index in [1.54, 1.807) is 6.33 Å². The van der Waals surface area contributed by atoms with Crippen molar-refractivity contribution in [2.75, 3.05) is 37.6 Å². The molecule has 9 heteroatoms. The first-order chi connectivity index (χ1) is 18.0. The Bertz CT molecular complexity index is 1170. The van der Waals surface area contributed by atoms with Crippen LogP contribution in [0.15, 0.2) is 42.9 Å². The maximum atomic E-state index is 13.3. The van der Waals surface area contributed by atoms with Crippen molar-refractivity contribution in [3.05, 3.63) is 53.4 Å². The molecule has 4 heterocycles. The third kappa shape index (κ3) is 6.61. The van der Waals surface area contributed by atoms with Gasteiger partial charge in [0.05, 0.1) is 11.4 Å². The number of likely N-dealkylation sites (tertiary alicyclic amines) is 1. The molecular weight excluding hydrogens is 486 g/mol. The van der Waals surface area contributed by atoms with E-state index >= 15 is 0 Å². The van der Waals surface area contributed by atoms with Gasteiger partial charge < -0.3 is 25.8 Å². The number of rotatable bonds is 9. The Balaban J connectivity index is 1.17. The first-order valence-electron chi connectivity index (χ1n) is 13.6. The number of halogens is 1. The van der Waals surface area contributed by atoms with Gasteiger partial charge in [-0.3, -0.25) is 4.79 Å². The first-order valence-corrected chi connectivity index (χ1v) is 14.0. The van der Waals surface area contributed by atoms with Crippen LogP contribution < -0.4 is 16.0 Å². The number of piperidine rings is 2. The summed E-state index contributed by atoms with van der Waals surface area (Å²) >= 11 is 6.13. The Morgan fingerprint density at radius 1 is 1.08 bits per heavy atom. The first kappa shape index (κ1) is 25.9. The summed E-state index contributed by atoms with van der Waals surface area (Å²) in [5, 5.41) is 5.03. The van der Waals surface area contributed by atoms with Gasteiger partial charge >= 0.3 is 0 Å². The number of nitrogens with zero attached hydrogens (tertiary/aromatic N) is 4. The van der Waals surface area contributed by atoms with E-state index in [9.17, 15) is 4.79 Å². The van der Waals surface area contributed by atoms with Crippen LogP contribution in [0.5, 0.6) is 0 Å². The number of nitrogens with two attached hydrogens (primary N) is 1. The largest absolute Gasteiger partial charge is 0.356 e. The van der Waals surface area contributed by atoms with Crippen molar-refractivity contribution in [1.29, 1.82) is 0 Å². The molecule has 0 saturated carbocycles. The molecule has 8 nitrogen and oxygen atoms in total. The molecule has 2 aliphatic heterocycles. The lowest BCUT2D eigenvalue weighted by atomic mass is 9.85. The number of aromatic nitrogens is 3. The van der Waals surface area contributed by atoms with E-state index in [2.05, 4.69) is 30.1 Å². The summed E-state index contributed by atoms with van der Waals surface area (Å²) in [4.78, 5) is 30.0. The van der Waals surface area contributed by atoms with E-state index in [0.29, 0.717) is 11.4 Å². The van der Waals surface area contributed by atoms with Gasteiger partial charge in [0.25, 0.3) is 0 Å². The van der Waals surface area contributed by atoms with Crippen LogP contribution in [0.3, 0.4) is 0 Å². The maximum absolute atomic E-state index is 13.3. The molecule has 3 aromatic rings. The van der Waals surface area contributed by atoms with Gasteiger partial charge in [0.1, 0.15) is 17.8 Å². The predicted molar refractivity (Wildman–Crippen MR) is 149 cm³/mol. The van der Waals surface area contributed by atoms with Gasteiger partial charge in [-0.2, -0.15) is 0 Å². The molecule has 5 rings (SSSR count). The summed E-state index contributed by atoms with van der Waals surface area (Å²) in [5.74, 6) is 0.943. The highest BCUT2D eigenvalue weighted by Gasteiger charge is 2.34. The van der Waals surface area contributed by atoms with E-state index in [4.69, 9.17) is 17.3 Å².